The van der Waals surface area contributed by atoms with E-state index in [1.807, 2.05) is 0 Å². The van der Waals surface area contributed by atoms with Crippen LogP contribution >= 0.6 is 23.4 Å². The Balaban J connectivity index is 1.61. The molecule has 0 radical (unpaired) electrons. The van der Waals surface area contributed by atoms with Gasteiger partial charge in [0.1, 0.15) is 11.6 Å². The maximum absolute atomic E-state index is 13.8. The van der Waals surface area contributed by atoms with Gasteiger partial charge in [0.15, 0.2) is 0 Å². The van der Waals surface area contributed by atoms with Crippen LogP contribution in [0.2, 0.25) is 5.02 Å². The van der Waals surface area contributed by atoms with Gasteiger partial charge in [-0.15, -0.1) is 5.10 Å². The number of rotatable bonds is 6. The lowest BCUT2D eigenvalue weighted by Gasteiger charge is -2.15. The molecule has 0 aliphatic heterocycles. The van der Waals surface area contributed by atoms with Crippen molar-refractivity contribution in [3.8, 4) is 5.69 Å². The third-order valence-corrected chi connectivity index (χ3v) is 4.82. The molecule has 1 amide bonds. The monoisotopic (exact) mass is 409 g/mol. The highest BCUT2D eigenvalue weighted by molar-refractivity contribution is 7.99. The van der Waals surface area contributed by atoms with Crippen LogP contribution in [-0.2, 0) is 4.79 Å². The van der Waals surface area contributed by atoms with Gasteiger partial charge in [0.05, 0.1) is 17.5 Å². The number of nitrogens with one attached hydrogen (secondary N) is 1. The number of carbonyl (C=O) groups excluding carboxylic acids is 1. The molecule has 0 saturated carbocycles. The molecule has 0 spiro atoms. The highest BCUT2D eigenvalue weighted by Crippen LogP contribution is 2.21. The first-order valence-corrected chi connectivity index (χ1v) is 9.22. The Morgan fingerprint density at radius 2 is 2.00 bits per heavy atom. The van der Waals surface area contributed by atoms with Crippen molar-refractivity contribution in [3.05, 3.63) is 64.7 Å². The van der Waals surface area contributed by atoms with E-state index in [1.165, 1.54) is 10.7 Å². The van der Waals surface area contributed by atoms with Gasteiger partial charge < -0.3 is 5.32 Å². The summed E-state index contributed by atoms with van der Waals surface area (Å²) in [5, 5.41) is 15.1. The molecule has 0 fully saturated rings. The quantitative estimate of drug-likeness (QED) is 0.630. The molecule has 6 nitrogen and oxygen atoms in total. The van der Waals surface area contributed by atoms with Gasteiger partial charge >= 0.3 is 0 Å². The fourth-order valence-corrected chi connectivity index (χ4v) is 3.18. The summed E-state index contributed by atoms with van der Waals surface area (Å²) in [6, 6.07) is 9.56. The van der Waals surface area contributed by atoms with E-state index in [-0.39, 0.29) is 17.2 Å². The number of halogens is 3. The van der Waals surface area contributed by atoms with Crippen LogP contribution in [-0.4, -0.2) is 31.9 Å². The molecule has 0 aliphatic rings. The number of nitrogens with zero attached hydrogens (tertiary/aromatic N) is 4. The van der Waals surface area contributed by atoms with E-state index >= 15 is 0 Å². The number of thioether (sulfide) groups is 1. The molecule has 1 aromatic heterocycles. The Morgan fingerprint density at radius 3 is 2.70 bits per heavy atom. The van der Waals surface area contributed by atoms with Crippen molar-refractivity contribution < 1.29 is 13.6 Å². The number of aromatic nitrogens is 4. The average Bonchev–Trinajstić information content (AvgIpc) is 3.09. The third kappa shape index (κ3) is 4.81. The standard InChI is InChI=1S/C17H14ClF2N5OS/c1-10(14-7-4-12(19)8-15(14)20)21-16(26)9-27-17-22-23-24-25(17)13-5-2-11(18)3-6-13/h2-8,10H,9H2,1H3,(H,21,26)/t10-/m1/s1. The van der Waals surface area contributed by atoms with Crippen molar-refractivity contribution in [2.45, 2.75) is 18.1 Å². The molecule has 140 valence electrons. The first-order valence-electron chi connectivity index (χ1n) is 7.85. The lowest BCUT2D eigenvalue weighted by Crippen LogP contribution is -2.28. The normalized spacial score (nSPS) is 12.0. The van der Waals surface area contributed by atoms with Gasteiger partial charge in [-0.05, 0) is 47.7 Å². The van der Waals surface area contributed by atoms with Crippen molar-refractivity contribution in [2.24, 2.45) is 0 Å². The van der Waals surface area contributed by atoms with E-state index in [4.69, 9.17) is 11.6 Å². The van der Waals surface area contributed by atoms with Crippen molar-refractivity contribution in [1.82, 2.24) is 25.5 Å². The second kappa shape index (κ2) is 8.45. The minimum atomic E-state index is -0.706. The number of hydrogen-bond acceptors (Lipinski definition) is 5. The van der Waals surface area contributed by atoms with E-state index in [0.29, 0.717) is 15.9 Å². The van der Waals surface area contributed by atoms with Gasteiger partial charge in [0.2, 0.25) is 11.1 Å². The number of amides is 1. The van der Waals surface area contributed by atoms with Gasteiger partial charge in [-0.1, -0.05) is 29.4 Å². The zero-order valence-electron chi connectivity index (χ0n) is 14.1. The minimum absolute atomic E-state index is 0.0289. The van der Waals surface area contributed by atoms with E-state index in [9.17, 15) is 13.6 Å². The molecule has 0 aliphatic carbocycles. The van der Waals surface area contributed by atoms with Gasteiger partial charge in [-0.25, -0.2) is 8.78 Å². The number of carbonyl (C=O) groups is 1. The summed E-state index contributed by atoms with van der Waals surface area (Å²) in [6.45, 7) is 1.62. The summed E-state index contributed by atoms with van der Waals surface area (Å²) in [5.41, 5.74) is 0.912. The van der Waals surface area contributed by atoms with E-state index in [0.717, 1.165) is 23.9 Å². The Bertz CT molecular complexity index is 951. The Morgan fingerprint density at radius 1 is 1.26 bits per heavy atom. The van der Waals surface area contributed by atoms with Crippen molar-refractivity contribution >= 4 is 29.3 Å². The Hall–Kier alpha value is -2.52. The highest BCUT2D eigenvalue weighted by atomic mass is 35.5. The van der Waals surface area contributed by atoms with Gasteiger partial charge in [0, 0.05) is 16.7 Å². The number of tetrazole rings is 1. The molecule has 0 saturated heterocycles. The largest absolute Gasteiger partial charge is 0.349 e. The highest BCUT2D eigenvalue weighted by Gasteiger charge is 2.16. The fourth-order valence-electron chi connectivity index (χ4n) is 2.36. The van der Waals surface area contributed by atoms with Crippen LogP contribution < -0.4 is 5.32 Å². The van der Waals surface area contributed by atoms with Crippen LogP contribution in [0, 0.1) is 11.6 Å². The van der Waals surface area contributed by atoms with Crippen LogP contribution in [0.25, 0.3) is 5.69 Å². The molecule has 10 heteroatoms. The van der Waals surface area contributed by atoms with Crippen molar-refractivity contribution in [2.75, 3.05) is 5.75 Å². The van der Waals surface area contributed by atoms with E-state index in [2.05, 4.69) is 20.8 Å². The van der Waals surface area contributed by atoms with Crippen LogP contribution in [0.5, 0.6) is 0 Å². The third-order valence-electron chi connectivity index (χ3n) is 3.65. The fraction of sp³-hybridized carbons (Fsp3) is 0.176. The minimum Gasteiger partial charge on any atom is -0.349 e. The van der Waals surface area contributed by atoms with Crippen LogP contribution in [0.15, 0.2) is 47.6 Å². The Labute approximate surface area is 162 Å². The number of benzene rings is 2. The van der Waals surface area contributed by atoms with Crippen LogP contribution in [0.3, 0.4) is 0 Å². The predicted octanol–water partition coefficient (Wildman–Crippen LogP) is 3.56. The molecule has 1 heterocycles. The molecule has 3 aromatic rings. The van der Waals surface area contributed by atoms with Gasteiger partial charge in [-0.2, -0.15) is 4.68 Å². The lowest BCUT2D eigenvalue weighted by atomic mass is 10.1. The molecular formula is C17H14ClF2N5OS. The summed E-state index contributed by atoms with van der Waals surface area (Å²) < 4.78 is 28.3. The zero-order chi connectivity index (χ0) is 19.4. The first kappa shape index (κ1) is 19.2. The summed E-state index contributed by atoms with van der Waals surface area (Å²) >= 11 is 7.00. The zero-order valence-corrected chi connectivity index (χ0v) is 15.6. The topological polar surface area (TPSA) is 72.7 Å². The Kier molecular flexibility index (Phi) is 6.02. The first-order chi connectivity index (χ1) is 12.9. The summed E-state index contributed by atoms with van der Waals surface area (Å²) in [7, 11) is 0. The van der Waals surface area contributed by atoms with Crippen LogP contribution in [0.4, 0.5) is 8.78 Å². The number of hydrogen-bond donors (Lipinski definition) is 1. The molecule has 27 heavy (non-hydrogen) atoms. The molecule has 1 atom stereocenters. The average molecular weight is 410 g/mol. The SMILES string of the molecule is C[C@@H](NC(=O)CSc1nnnn1-c1ccc(Cl)cc1)c1ccc(F)cc1F. The van der Waals surface area contributed by atoms with E-state index < -0.39 is 17.7 Å². The molecule has 1 N–H and O–H groups in total. The smallest absolute Gasteiger partial charge is 0.230 e. The molecular weight excluding hydrogens is 396 g/mol. The molecule has 0 bridgehead atoms. The van der Waals surface area contributed by atoms with Gasteiger partial charge in [0.25, 0.3) is 0 Å². The summed E-state index contributed by atoms with van der Waals surface area (Å²) in [4.78, 5) is 12.2. The van der Waals surface area contributed by atoms with E-state index in [1.54, 1.807) is 31.2 Å². The van der Waals surface area contributed by atoms with Crippen molar-refractivity contribution in [1.29, 1.82) is 0 Å². The summed E-state index contributed by atoms with van der Waals surface area (Å²) in [5.74, 6) is -1.68. The second-order valence-corrected chi connectivity index (χ2v) is 6.97. The van der Waals surface area contributed by atoms with Crippen molar-refractivity contribution in [3.63, 3.8) is 0 Å². The van der Waals surface area contributed by atoms with Crippen LogP contribution in [0.1, 0.15) is 18.5 Å². The lowest BCUT2D eigenvalue weighted by molar-refractivity contribution is -0.119. The maximum atomic E-state index is 13.8. The second-order valence-electron chi connectivity index (χ2n) is 5.59. The van der Waals surface area contributed by atoms with Gasteiger partial charge in [-0.3, -0.25) is 4.79 Å². The molecule has 0 unspecified atom stereocenters. The molecule has 3 rings (SSSR count). The predicted molar refractivity (Wildman–Crippen MR) is 97.8 cm³/mol. The summed E-state index contributed by atoms with van der Waals surface area (Å²) in [6.07, 6.45) is 0. The molecule has 2 aromatic carbocycles. The maximum Gasteiger partial charge on any atom is 0.230 e.